The molecule has 1 aromatic heterocycles. The molecule has 0 spiro atoms. The second kappa shape index (κ2) is 6.80. The van der Waals surface area contributed by atoms with E-state index >= 15 is 0 Å². The Morgan fingerprint density at radius 1 is 0.792 bits per heavy atom. The fraction of sp³-hybridized carbons (Fsp3) is 0.105. The topological polar surface area (TPSA) is 68.0 Å². The molecule has 0 fully saturated rings. The minimum atomic E-state index is 0.276. The van der Waals surface area contributed by atoms with Crippen molar-refractivity contribution in [1.29, 1.82) is 5.26 Å². The zero-order chi connectivity index (χ0) is 16.9. The maximum absolute atomic E-state index is 9.13. The van der Waals surface area contributed by atoms with Crippen molar-refractivity contribution in [3.63, 3.8) is 0 Å². The van der Waals surface area contributed by atoms with Crippen LogP contribution in [0.5, 0.6) is 11.5 Å². The van der Waals surface area contributed by atoms with Crippen LogP contribution < -0.4 is 9.47 Å². The summed E-state index contributed by atoms with van der Waals surface area (Å²) in [5.41, 5.74) is 3.41. The molecule has 0 aliphatic rings. The predicted molar refractivity (Wildman–Crippen MR) is 90.7 cm³/mol. The van der Waals surface area contributed by atoms with Gasteiger partial charge >= 0.3 is 0 Å². The van der Waals surface area contributed by atoms with Gasteiger partial charge in [-0.15, -0.1) is 0 Å². The Labute approximate surface area is 140 Å². The van der Waals surface area contributed by atoms with Crippen molar-refractivity contribution in [3.8, 4) is 40.1 Å². The van der Waals surface area contributed by atoms with Crippen LogP contribution in [0, 0.1) is 11.3 Å². The third-order valence-corrected chi connectivity index (χ3v) is 3.61. The van der Waals surface area contributed by atoms with Gasteiger partial charge in [0, 0.05) is 11.1 Å². The van der Waals surface area contributed by atoms with Gasteiger partial charge in [-0.3, -0.25) is 4.98 Å². The molecule has 0 aliphatic heterocycles. The predicted octanol–water partition coefficient (Wildman–Crippen LogP) is 3.70. The van der Waals surface area contributed by atoms with E-state index in [9.17, 15) is 0 Å². The molecule has 5 nitrogen and oxygen atoms in total. The molecule has 0 amide bonds. The van der Waals surface area contributed by atoms with E-state index in [4.69, 9.17) is 14.7 Å². The number of hydrogen-bond donors (Lipinski definition) is 0. The van der Waals surface area contributed by atoms with Gasteiger partial charge in [0.15, 0.2) is 5.69 Å². The number of ether oxygens (including phenoxy) is 2. The number of methoxy groups -OCH3 is 2. The Morgan fingerprint density at radius 2 is 1.29 bits per heavy atom. The van der Waals surface area contributed by atoms with Crippen molar-refractivity contribution in [2.75, 3.05) is 14.2 Å². The summed E-state index contributed by atoms with van der Waals surface area (Å²) in [5, 5.41) is 9.13. The molecule has 0 saturated carbocycles. The van der Waals surface area contributed by atoms with Crippen LogP contribution in [0.15, 0.2) is 54.7 Å². The quantitative estimate of drug-likeness (QED) is 0.734. The van der Waals surface area contributed by atoms with E-state index in [1.54, 1.807) is 14.2 Å². The van der Waals surface area contributed by atoms with Gasteiger partial charge in [-0.1, -0.05) is 0 Å². The first-order valence-electron chi connectivity index (χ1n) is 7.31. The monoisotopic (exact) mass is 317 g/mol. The van der Waals surface area contributed by atoms with Crippen LogP contribution in [-0.4, -0.2) is 24.2 Å². The van der Waals surface area contributed by atoms with E-state index in [0.29, 0.717) is 11.4 Å². The van der Waals surface area contributed by atoms with Crippen LogP contribution >= 0.6 is 0 Å². The first kappa shape index (κ1) is 15.5. The lowest BCUT2D eigenvalue weighted by molar-refractivity contribution is 0.414. The van der Waals surface area contributed by atoms with Crippen molar-refractivity contribution >= 4 is 0 Å². The molecular formula is C19H15N3O2. The summed E-state index contributed by atoms with van der Waals surface area (Å²) in [6.45, 7) is 0. The molecule has 5 heteroatoms. The number of nitrogens with zero attached hydrogens (tertiary/aromatic N) is 3. The highest BCUT2D eigenvalue weighted by Gasteiger charge is 2.12. The molecule has 3 rings (SSSR count). The van der Waals surface area contributed by atoms with Crippen molar-refractivity contribution < 1.29 is 9.47 Å². The largest absolute Gasteiger partial charge is 0.497 e. The van der Waals surface area contributed by atoms with E-state index < -0.39 is 0 Å². The fourth-order valence-corrected chi connectivity index (χ4v) is 2.35. The molecular weight excluding hydrogens is 302 g/mol. The van der Waals surface area contributed by atoms with Gasteiger partial charge in [0.25, 0.3) is 0 Å². The summed E-state index contributed by atoms with van der Waals surface area (Å²) in [6, 6.07) is 17.1. The highest BCUT2D eigenvalue weighted by Crippen LogP contribution is 2.30. The van der Waals surface area contributed by atoms with E-state index in [-0.39, 0.29) is 5.69 Å². The number of benzene rings is 2. The third kappa shape index (κ3) is 3.03. The Balaban J connectivity index is 2.13. The normalized spacial score (nSPS) is 10.0. The summed E-state index contributed by atoms with van der Waals surface area (Å²) in [4.78, 5) is 8.88. The molecule has 118 valence electrons. The third-order valence-electron chi connectivity index (χ3n) is 3.61. The molecule has 0 unspecified atom stereocenters. The summed E-state index contributed by atoms with van der Waals surface area (Å²) in [7, 11) is 3.24. The van der Waals surface area contributed by atoms with E-state index in [0.717, 1.165) is 22.6 Å². The number of aromatic nitrogens is 2. The molecule has 0 saturated heterocycles. The van der Waals surface area contributed by atoms with Gasteiger partial charge < -0.3 is 9.47 Å². The van der Waals surface area contributed by atoms with Gasteiger partial charge in [-0.2, -0.15) is 5.26 Å². The van der Waals surface area contributed by atoms with E-state index in [1.165, 1.54) is 6.20 Å². The van der Waals surface area contributed by atoms with Crippen molar-refractivity contribution in [3.05, 3.63) is 60.4 Å². The van der Waals surface area contributed by atoms with Crippen molar-refractivity contribution in [2.24, 2.45) is 0 Å². The lowest BCUT2D eigenvalue weighted by Gasteiger charge is -2.10. The molecule has 1 heterocycles. The summed E-state index contributed by atoms with van der Waals surface area (Å²) in [5.74, 6) is 1.53. The minimum Gasteiger partial charge on any atom is -0.497 e. The Bertz CT molecular complexity index is 882. The zero-order valence-corrected chi connectivity index (χ0v) is 13.4. The Kier molecular flexibility index (Phi) is 4.39. The van der Waals surface area contributed by atoms with Crippen molar-refractivity contribution in [1.82, 2.24) is 9.97 Å². The van der Waals surface area contributed by atoms with E-state index in [1.807, 2.05) is 54.6 Å². The molecule has 24 heavy (non-hydrogen) atoms. The summed E-state index contributed by atoms with van der Waals surface area (Å²) < 4.78 is 10.4. The highest BCUT2D eigenvalue weighted by molar-refractivity contribution is 5.78. The summed E-state index contributed by atoms with van der Waals surface area (Å²) >= 11 is 0. The zero-order valence-electron chi connectivity index (χ0n) is 13.4. The molecule has 0 N–H and O–H groups in total. The average molecular weight is 317 g/mol. The smallest absolute Gasteiger partial charge is 0.159 e. The van der Waals surface area contributed by atoms with Crippen LogP contribution in [0.2, 0.25) is 0 Å². The van der Waals surface area contributed by atoms with Gasteiger partial charge in [0.1, 0.15) is 17.6 Å². The van der Waals surface area contributed by atoms with Gasteiger partial charge in [0.2, 0.25) is 0 Å². The van der Waals surface area contributed by atoms with Crippen LogP contribution in [0.1, 0.15) is 5.69 Å². The minimum absolute atomic E-state index is 0.276. The van der Waals surface area contributed by atoms with Gasteiger partial charge in [-0.25, -0.2) is 4.98 Å². The van der Waals surface area contributed by atoms with Crippen LogP contribution in [0.25, 0.3) is 22.5 Å². The molecule has 2 aromatic carbocycles. The number of nitriles is 1. The highest BCUT2D eigenvalue weighted by atomic mass is 16.5. The molecule has 0 aliphatic carbocycles. The molecule has 0 radical (unpaired) electrons. The fourth-order valence-electron chi connectivity index (χ4n) is 2.35. The van der Waals surface area contributed by atoms with Gasteiger partial charge in [0.05, 0.1) is 31.8 Å². The lowest BCUT2D eigenvalue weighted by atomic mass is 10.0. The molecule has 0 bridgehead atoms. The number of hydrogen-bond acceptors (Lipinski definition) is 5. The van der Waals surface area contributed by atoms with Gasteiger partial charge in [-0.05, 0) is 48.5 Å². The Hall–Kier alpha value is -3.39. The molecule has 0 atom stereocenters. The molecule has 3 aromatic rings. The van der Waals surface area contributed by atoms with Crippen molar-refractivity contribution in [2.45, 2.75) is 0 Å². The Morgan fingerprint density at radius 3 is 1.75 bits per heavy atom. The second-order valence-corrected chi connectivity index (χ2v) is 5.02. The average Bonchev–Trinajstić information content (AvgIpc) is 2.67. The van der Waals surface area contributed by atoms with Crippen LogP contribution in [0.3, 0.4) is 0 Å². The first-order valence-corrected chi connectivity index (χ1v) is 7.31. The maximum atomic E-state index is 9.13. The van der Waals surface area contributed by atoms with E-state index in [2.05, 4.69) is 9.97 Å². The SMILES string of the molecule is COc1ccc(-c2ncc(C#N)nc2-c2ccc(OC)cc2)cc1. The van der Waals surface area contributed by atoms with Crippen LogP contribution in [0.4, 0.5) is 0 Å². The summed E-state index contributed by atoms with van der Waals surface area (Å²) in [6.07, 6.45) is 1.48. The first-order chi connectivity index (χ1) is 11.7. The maximum Gasteiger partial charge on any atom is 0.159 e. The lowest BCUT2D eigenvalue weighted by Crippen LogP contribution is -1.96. The number of rotatable bonds is 4. The standard InChI is InChI=1S/C19H15N3O2/c1-23-16-7-3-13(4-8-16)18-19(22-15(11-20)12-21-18)14-5-9-17(24-2)10-6-14/h3-10,12H,1-2H3. The van der Waals surface area contributed by atoms with Crippen LogP contribution in [-0.2, 0) is 0 Å². The second-order valence-electron chi connectivity index (χ2n) is 5.02.